The molecule has 1 saturated heterocycles. The Labute approximate surface area is 112 Å². The number of benzene rings is 1. The second-order valence-corrected chi connectivity index (χ2v) is 4.98. The van der Waals surface area contributed by atoms with Crippen LogP contribution in [0.15, 0.2) is 30.3 Å². The van der Waals surface area contributed by atoms with Crippen molar-refractivity contribution in [2.75, 3.05) is 4.90 Å². The summed E-state index contributed by atoms with van der Waals surface area (Å²) >= 11 is 0. The summed E-state index contributed by atoms with van der Waals surface area (Å²) < 4.78 is 0. The highest BCUT2D eigenvalue weighted by Crippen LogP contribution is 2.26. The van der Waals surface area contributed by atoms with Gasteiger partial charge < -0.3 is 16.0 Å². The van der Waals surface area contributed by atoms with Gasteiger partial charge in [0.15, 0.2) is 0 Å². The first-order chi connectivity index (χ1) is 9.00. The molecule has 1 heterocycles. The van der Waals surface area contributed by atoms with E-state index in [1.807, 2.05) is 37.3 Å². The Morgan fingerprint density at radius 2 is 2.05 bits per heavy atom. The molecule has 1 fully saturated rings. The molecule has 5 nitrogen and oxygen atoms in total. The number of hydrogen-bond acceptors (Lipinski definition) is 3. The number of hydrogen-bond donors (Lipinski definition) is 2. The van der Waals surface area contributed by atoms with Gasteiger partial charge in [-0.1, -0.05) is 18.2 Å². The molecule has 2 rings (SSSR count). The van der Waals surface area contributed by atoms with Crippen LogP contribution in [0.4, 0.5) is 5.69 Å². The fourth-order valence-corrected chi connectivity index (χ4v) is 2.33. The van der Waals surface area contributed by atoms with Gasteiger partial charge in [-0.25, -0.2) is 0 Å². The molecule has 0 aliphatic carbocycles. The Hall–Kier alpha value is -1.88. The van der Waals surface area contributed by atoms with Gasteiger partial charge in [0.25, 0.3) is 0 Å². The quantitative estimate of drug-likeness (QED) is 0.838. The standard InChI is InChI=1S/C14H19N3O2/c1-9-8-12(16-13(18)10(2)15)14(19)17(9)11-6-4-3-5-7-11/h3-7,9-10,12H,8,15H2,1-2H3,(H,16,18)/t9?,10-,12?/m1/s1. The van der Waals surface area contributed by atoms with E-state index in [0.717, 1.165) is 5.69 Å². The zero-order valence-corrected chi connectivity index (χ0v) is 11.2. The largest absolute Gasteiger partial charge is 0.343 e. The summed E-state index contributed by atoms with van der Waals surface area (Å²) in [5.41, 5.74) is 6.36. The van der Waals surface area contributed by atoms with E-state index < -0.39 is 12.1 Å². The lowest BCUT2D eigenvalue weighted by molar-refractivity contribution is -0.127. The predicted molar refractivity (Wildman–Crippen MR) is 73.6 cm³/mol. The van der Waals surface area contributed by atoms with Crippen molar-refractivity contribution in [3.8, 4) is 0 Å². The van der Waals surface area contributed by atoms with Crippen molar-refractivity contribution in [1.29, 1.82) is 0 Å². The number of carbonyl (C=O) groups excluding carboxylic acids is 2. The topological polar surface area (TPSA) is 75.4 Å². The first kappa shape index (κ1) is 13.5. The highest BCUT2D eigenvalue weighted by Gasteiger charge is 2.38. The van der Waals surface area contributed by atoms with Crippen LogP contribution >= 0.6 is 0 Å². The maximum Gasteiger partial charge on any atom is 0.249 e. The van der Waals surface area contributed by atoms with Crippen LogP contribution in [0.3, 0.4) is 0 Å². The van der Waals surface area contributed by atoms with Crippen molar-refractivity contribution < 1.29 is 9.59 Å². The van der Waals surface area contributed by atoms with Crippen LogP contribution in [-0.2, 0) is 9.59 Å². The lowest BCUT2D eigenvalue weighted by Crippen LogP contribution is -2.47. The molecule has 1 aromatic carbocycles. The summed E-state index contributed by atoms with van der Waals surface area (Å²) in [5, 5.41) is 2.70. The summed E-state index contributed by atoms with van der Waals surface area (Å²) in [6, 6.07) is 8.46. The highest BCUT2D eigenvalue weighted by molar-refractivity contribution is 6.02. The lowest BCUT2D eigenvalue weighted by Gasteiger charge is -2.21. The molecule has 2 unspecified atom stereocenters. The Balaban J connectivity index is 2.13. The van der Waals surface area contributed by atoms with Gasteiger partial charge in [0, 0.05) is 11.7 Å². The first-order valence-corrected chi connectivity index (χ1v) is 6.44. The molecule has 0 radical (unpaired) electrons. The van der Waals surface area contributed by atoms with E-state index >= 15 is 0 Å². The molecule has 0 bridgehead atoms. The fourth-order valence-electron chi connectivity index (χ4n) is 2.33. The summed E-state index contributed by atoms with van der Waals surface area (Å²) in [6.07, 6.45) is 0.603. The van der Waals surface area contributed by atoms with Crippen molar-refractivity contribution in [1.82, 2.24) is 5.32 Å². The predicted octanol–water partition coefficient (Wildman–Crippen LogP) is 0.644. The smallest absolute Gasteiger partial charge is 0.249 e. The number of carbonyl (C=O) groups is 2. The van der Waals surface area contributed by atoms with Gasteiger partial charge in [0.2, 0.25) is 11.8 Å². The van der Waals surface area contributed by atoms with Crippen molar-refractivity contribution in [2.24, 2.45) is 5.73 Å². The molecule has 0 aromatic heterocycles. The molecule has 19 heavy (non-hydrogen) atoms. The molecule has 0 saturated carbocycles. The molecule has 1 aromatic rings. The number of rotatable bonds is 3. The van der Waals surface area contributed by atoms with Crippen LogP contribution in [0.25, 0.3) is 0 Å². The minimum absolute atomic E-state index is 0.0632. The molecule has 0 spiro atoms. The zero-order chi connectivity index (χ0) is 14.0. The minimum atomic E-state index is -0.603. The number of anilines is 1. The second kappa shape index (κ2) is 5.40. The van der Waals surface area contributed by atoms with Crippen molar-refractivity contribution in [3.05, 3.63) is 30.3 Å². The zero-order valence-electron chi connectivity index (χ0n) is 11.2. The maximum absolute atomic E-state index is 12.3. The van der Waals surface area contributed by atoms with Gasteiger partial charge in [0.05, 0.1) is 6.04 Å². The molecular weight excluding hydrogens is 242 g/mol. The van der Waals surface area contributed by atoms with Crippen LogP contribution in [-0.4, -0.2) is 29.9 Å². The van der Waals surface area contributed by atoms with Gasteiger partial charge in [-0.3, -0.25) is 9.59 Å². The van der Waals surface area contributed by atoms with Crippen LogP contribution in [0, 0.1) is 0 Å². The van der Waals surface area contributed by atoms with Crippen molar-refractivity contribution in [3.63, 3.8) is 0 Å². The van der Waals surface area contributed by atoms with Crippen LogP contribution in [0.1, 0.15) is 20.3 Å². The summed E-state index contributed by atoms with van der Waals surface area (Å²) in [4.78, 5) is 25.7. The van der Waals surface area contributed by atoms with Gasteiger partial charge in [-0.2, -0.15) is 0 Å². The van der Waals surface area contributed by atoms with Crippen molar-refractivity contribution in [2.45, 2.75) is 38.4 Å². The number of nitrogens with zero attached hydrogens (tertiary/aromatic N) is 1. The number of para-hydroxylation sites is 1. The Morgan fingerprint density at radius 3 is 2.63 bits per heavy atom. The van der Waals surface area contributed by atoms with E-state index in [4.69, 9.17) is 5.73 Å². The molecular formula is C14H19N3O2. The van der Waals surface area contributed by atoms with Crippen LogP contribution < -0.4 is 16.0 Å². The van der Waals surface area contributed by atoms with E-state index in [9.17, 15) is 9.59 Å². The summed E-state index contributed by atoms with van der Waals surface area (Å²) in [5.74, 6) is -0.367. The lowest BCUT2D eigenvalue weighted by atomic mass is 10.2. The molecule has 1 aliphatic heterocycles. The van der Waals surface area contributed by atoms with Gasteiger partial charge >= 0.3 is 0 Å². The third-order valence-electron chi connectivity index (χ3n) is 3.32. The van der Waals surface area contributed by atoms with E-state index in [2.05, 4.69) is 5.32 Å². The normalized spacial score (nSPS) is 24.4. The highest BCUT2D eigenvalue weighted by atomic mass is 16.2. The monoisotopic (exact) mass is 261 g/mol. The third-order valence-corrected chi connectivity index (χ3v) is 3.32. The van der Waals surface area contributed by atoms with Gasteiger partial charge in [-0.05, 0) is 32.4 Å². The van der Waals surface area contributed by atoms with E-state index in [1.54, 1.807) is 11.8 Å². The SMILES string of the molecule is CC1CC(NC(=O)[C@@H](C)N)C(=O)N1c1ccccc1. The number of nitrogens with two attached hydrogens (primary N) is 1. The van der Waals surface area contributed by atoms with Crippen LogP contribution in [0.2, 0.25) is 0 Å². The molecule has 2 amide bonds. The Morgan fingerprint density at radius 1 is 1.42 bits per heavy atom. The first-order valence-electron chi connectivity index (χ1n) is 6.44. The summed E-state index contributed by atoms with van der Waals surface area (Å²) in [6.45, 7) is 3.58. The molecule has 3 atom stereocenters. The minimum Gasteiger partial charge on any atom is -0.343 e. The average molecular weight is 261 g/mol. The molecule has 102 valence electrons. The molecule has 1 aliphatic rings. The van der Waals surface area contributed by atoms with E-state index in [0.29, 0.717) is 6.42 Å². The summed E-state index contributed by atoms with van der Waals surface area (Å²) in [7, 11) is 0. The number of amides is 2. The van der Waals surface area contributed by atoms with E-state index in [1.165, 1.54) is 0 Å². The van der Waals surface area contributed by atoms with Gasteiger partial charge in [-0.15, -0.1) is 0 Å². The molecule has 3 N–H and O–H groups in total. The second-order valence-electron chi connectivity index (χ2n) is 4.98. The maximum atomic E-state index is 12.3. The van der Waals surface area contributed by atoms with Crippen LogP contribution in [0.5, 0.6) is 0 Å². The average Bonchev–Trinajstić information content (AvgIpc) is 2.65. The third kappa shape index (κ3) is 2.76. The van der Waals surface area contributed by atoms with Gasteiger partial charge in [0.1, 0.15) is 6.04 Å². The van der Waals surface area contributed by atoms with E-state index in [-0.39, 0.29) is 17.9 Å². The Bertz CT molecular complexity index is 473. The molecule has 5 heteroatoms. The fraction of sp³-hybridized carbons (Fsp3) is 0.429. The number of nitrogens with one attached hydrogen (secondary N) is 1. The Kier molecular flexibility index (Phi) is 3.85. The van der Waals surface area contributed by atoms with Crippen molar-refractivity contribution >= 4 is 17.5 Å².